The Morgan fingerprint density at radius 3 is 2.25 bits per heavy atom. The van der Waals surface area contributed by atoms with Crippen molar-refractivity contribution in [3.05, 3.63) is 35.6 Å². The molecule has 1 aromatic rings. The molecule has 7 heteroatoms. The fourth-order valence-electron chi connectivity index (χ4n) is 2.07. The standard InChI is InChI=1S/C13H13Cl2FN2O2/c14-11(15)13(20)18-6-4-17(5-7-18)12(19)9-2-1-3-10(16)8-9/h1-3,8,11H,4-7H2. The number of nitrogens with zero attached hydrogens (tertiary/aromatic N) is 2. The molecular weight excluding hydrogens is 306 g/mol. The summed E-state index contributed by atoms with van der Waals surface area (Å²) in [4.78, 5) is 25.8. The van der Waals surface area contributed by atoms with E-state index in [2.05, 4.69) is 0 Å². The normalized spacial score (nSPS) is 15.6. The van der Waals surface area contributed by atoms with Crippen LogP contribution in [0.1, 0.15) is 10.4 Å². The van der Waals surface area contributed by atoms with E-state index in [0.29, 0.717) is 31.7 Å². The Morgan fingerprint density at radius 2 is 1.70 bits per heavy atom. The van der Waals surface area contributed by atoms with E-state index in [1.165, 1.54) is 23.1 Å². The van der Waals surface area contributed by atoms with Gasteiger partial charge in [0.05, 0.1) is 0 Å². The van der Waals surface area contributed by atoms with Gasteiger partial charge >= 0.3 is 0 Å². The zero-order valence-electron chi connectivity index (χ0n) is 10.6. The van der Waals surface area contributed by atoms with Crippen molar-refractivity contribution in [2.75, 3.05) is 26.2 Å². The molecule has 20 heavy (non-hydrogen) atoms. The molecule has 0 spiro atoms. The van der Waals surface area contributed by atoms with Crippen molar-refractivity contribution in [1.29, 1.82) is 0 Å². The molecule has 0 aromatic heterocycles. The zero-order chi connectivity index (χ0) is 14.7. The second kappa shape index (κ2) is 6.41. The summed E-state index contributed by atoms with van der Waals surface area (Å²) in [6.45, 7) is 1.49. The van der Waals surface area contributed by atoms with Crippen LogP contribution in [-0.2, 0) is 4.79 Å². The van der Waals surface area contributed by atoms with Crippen molar-refractivity contribution in [2.24, 2.45) is 0 Å². The second-order valence-electron chi connectivity index (χ2n) is 4.43. The van der Waals surface area contributed by atoms with Crippen LogP contribution in [0.3, 0.4) is 0 Å². The molecule has 0 aliphatic carbocycles. The van der Waals surface area contributed by atoms with Crippen LogP contribution in [-0.4, -0.2) is 52.6 Å². The van der Waals surface area contributed by atoms with E-state index < -0.39 is 10.7 Å². The summed E-state index contributed by atoms with van der Waals surface area (Å²) in [5.74, 6) is -1.05. The lowest BCUT2D eigenvalue weighted by Gasteiger charge is -2.35. The summed E-state index contributed by atoms with van der Waals surface area (Å²) in [5.41, 5.74) is 0.303. The van der Waals surface area contributed by atoms with E-state index in [1.807, 2.05) is 0 Å². The molecule has 1 fully saturated rings. The van der Waals surface area contributed by atoms with Crippen LogP contribution in [0, 0.1) is 5.82 Å². The van der Waals surface area contributed by atoms with Gasteiger partial charge in [0, 0.05) is 31.7 Å². The number of hydrogen-bond donors (Lipinski definition) is 0. The van der Waals surface area contributed by atoms with Crippen LogP contribution in [0.15, 0.2) is 24.3 Å². The Labute approximate surface area is 126 Å². The molecule has 4 nitrogen and oxygen atoms in total. The van der Waals surface area contributed by atoms with Crippen molar-refractivity contribution in [3.8, 4) is 0 Å². The lowest BCUT2D eigenvalue weighted by Crippen LogP contribution is -2.51. The highest BCUT2D eigenvalue weighted by atomic mass is 35.5. The Hall–Kier alpha value is -1.33. The van der Waals surface area contributed by atoms with Crippen LogP contribution in [0.5, 0.6) is 0 Å². The van der Waals surface area contributed by atoms with Crippen molar-refractivity contribution in [2.45, 2.75) is 4.84 Å². The molecule has 1 aliphatic rings. The van der Waals surface area contributed by atoms with Crippen molar-refractivity contribution >= 4 is 35.0 Å². The van der Waals surface area contributed by atoms with Gasteiger partial charge in [0.1, 0.15) is 5.82 Å². The van der Waals surface area contributed by atoms with Gasteiger partial charge in [0.25, 0.3) is 11.8 Å². The molecule has 2 amide bonds. The minimum atomic E-state index is -1.08. The maximum Gasteiger partial charge on any atom is 0.255 e. The van der Waals surface area contributed by atoms with Gasteiger partial charge in [-0.25, -0.2) is 4.39 Å². The SMILES string of the molecule is O=C(c1cccc(F)c1)N1CCN(C(=O)C(Cl)Cl)CC1. The number of amides is 2. The first-order chi connectivity index (χ1) is 9.49. The highest BCUT2D eigenvalue weighted by Gasteiger charge is 2.27. The van der Waals surface area contributed by atoms with Gasteiger partial charge in [-0.1, -0.05) is 29.3 Å². The van der Waals surface area contributed by atoms with Crippen molar-refractivity contribution in [1.82, 2.24) is 9.80 Å². The summed E-state index contributed by atoms with van der Waals surface area (Å²) in [7, 11) is 0. The number of halogens is 3. The molecule has 1 heterocycles. The van der Waals surface area contributed by atoms with Crippen LogP contribution < -0.4 is 0 Å². The smallest absolute Gasteiger partial charge is 0.255 e. The van der Waals surface area contributed by atoms with E-state index in [4.69, 9.17) is 23.2 Å². The van der Waals surface area contributed by atoms with E-state index >= 15 is 0 Å². The largest absolute Gasteiger partial charge is 0.337 e. The van der Waals surface area contributed by atoms with Crippen molar-refractivity contribution in [3.63, 3.8) is 0 Å². The van der Waals surface area contributed by atoms with Gasteiger partial charge < -0.3 is 9.80 Å². The van der Waals surface area contributed by atoms with E-state index in [1.54, 1.807) is 11.0 Å². The first-order valence-electron chi connectivity index (χ1n) is 6.11. The third-order valence-electron chi connectivity index (χ3n) is 3.14. The molecule has 0 radical (unpaired) electrons. The summed E-state index contributed by atoms with van der Waals surface area (Å²) in [5, 5.41) is 0. The minimum absolute atomic E-state index is 0.245. The van der Waals surface area contributed by atoms with E-state index in [9.17, 15) is 14.0 Å². The van der Waals surface area contributed by atoms with Gasteiger partial charge in [-0.15, -0.1) is 0 Å². The fourth-order valence-corrected chi connectivity index (χ4v) is 2.35. The third-order valence-corrected chi connectivity index (χ3v) is 3.51. The van der Waals surface area contributed by atoms with Crippen molar-refractivity contribution < 1.29 is 14.0 Å². The predicted octanol–water partition coefficient (Wildman–Crippen LogP) is 1.91. The number of rotatable bonds is 2. The Morgan fingerprint density at radius 1 is 1.10 bits per heavy atom. The van der Waals surface area contributed by atoms with Gasteiger partial charge in [-0.2, -0.15) is 0 Å². The fraction of sp³-hybridized carbons (Fsp3) is 0.385. The van der Waals surface area contributed by atoms with Gasteiger partial charge in [0.2, 0.25) is 0 Å². The lowest BCUT2D eigenvalue weighted by atomic mass is 10.1. The highest BCUT2D eigenvalue weighted by molar-refractivity contribution is 6.53. The van der Waals surface area contributed by atoms with E-state index in [0.717, 1.165) is 0 Å². The summed E-state index contributed by atoms with van der Waals surface area (Å²) in [6, 6.07) is 5.55. The van der Waals surface area contributed by atoms with Gasteiger partial charge in [0.15, 0.2) is 4.84 Å². The second-order valence-corrected chi connectivity index (χ2v) is 5.52. The average Bonchev–Trinajstić information content (AvgIpc) is 2.46. The molecule has 1 saturated heterocycles. The summed E-state index contributed by atoms with van der Waals surface area (Å²) >= 11 is 11.1. The number of carbonyl (C=O) groups is 2. The lowest BCUT2D eigenvalue weighted by molar-refractivity contribution is -0.130. The molecule has 0 saturated carbocycles. The molecule has 1 aliphatic heterocycles. The maximum atomic E-state index is 13.1. The predicted molar refractivity (Wildman–Crippen MR) is 74.4 cm³/mol. The first kappa shape index (κ1) is 15.1. The van der Waals surface area contributed by atoms with Gasteiger partial charge in [-0.05, 0) is 18.2 Å². The number of hydrogen-bond acceptors (Lipinski definition) is 2. The number of carbonyl (C=O) groups excluding carboxylic acids is 2. The molecule has 2 rings (SSSR count). The molecule has 0 bridgehead atoms. The monoisotopic (exact) mass is 318 g/mol. The van der Waals surface area contributed by atoms with Gasteiger partial charge in [-0.3, -0.25) is 9.59 Å². The third kappa shape index (κ3) is 3.41. The number of alkyl halides is 2. The number of benzene rings is 1. The van der Waals surface area contributed by atoms with Crippen LogP contribution in [0.25, 0.3) is 0 Å². The summed E-state index contributed by atoms with van der Waals surface area (Å²) in [6.07, 6.45) is 0. The highest BCUT2D eigenvalue weighted by Crippen LogP contribution is 2.13. The Bertz CT molecular complexity index is 517. The molecule has 0 atom stereocenters. The van der Waals surface area contributed by atoms with Crippen LogP contribution in [0.4, 0.5) is 4.39 Å². The summed E-state index contributed by atoms with van der Waals surface area (Å²) < 4.78 is 13.1. The number of piperazine rings is 1. The maximum absolute atomic E-state index is 13.1. The Balaban J connectivity index is 1.97. The molecule has 108 valence electrons. The average molecular weight is 319 g/mol. The molecule has 0 N–H and O–H groups in total. The molecule has 0 unspecified atom stereocenters. The van der Waals surface area contributed by atoms with Crippen LogP contribution in [0.2, 0.25) is 0 Å². The first-order valence-corrected chi connectivity index (χ1v) is 6.98. The minimum Gasteiger partial charge on any atom is -0.337 e. The quantitative estimate of drug-likeness (QED) is 0.782. The van der Waals surface area contributed by atoms with E-state index in [-0.39, 0.29) is 11.8 Å². The molecule has 1 aromatic carbocycles. The van der Waals surface area contributed by atoms with Crippen LogP contribution >= 0.6 is 23.2 Å². The molecular formula is C13H13Cl2FN2O2. The Kier molecular flexibility index (Phi) is 4.83. The topological polar surface area (TPSA) is 40.6 Å². The zero-order valence-corrected chi connectivity index (χ0v) is 12.1.